The number of hydrogen-bond acceptors (Lipinski definition) is 2. The predicted molar refractivity (Wildman–Crippen MR) is 52.2 cm³/mol. The van der Waals surface area contributed by atoms with Gasteiger partial charge in [-0.05, 0) is 0 Å². The largest absolute Gasteiger partial charge is 0.298 e. The minimum Gasteiger partial charge on any atom is -0.298 e. The molecule has 14 heavy (non-hydrogen) atoms. The summed E-state index contributed by atoms with van der Waals surface area (Å²) in [7, 11) is 0. The summed E-state index contributed by atoms with van der Waals surface area (Å²) in [4.78, 5) is 14.3. The van der Waals surface area contributed by atoms with Crippen LogP contribution in [0.15, 0.2) is 6.20 Å². The molecule has 0 radical (unpaired) electrons. The van der Waals surface area contributed by atoms with Crippen LogP contribution in [0.3, 0.4) is 0 Å². The number of carbonyl (C=O) groups excluding carboxylic acids is 1. The van der Waals surface area contributed by atoms with Crippen LogP contribution < -0.4 is 0 Å². The zero-order valence-electron chi connectivity index (χ0n) is 6.81. The highest BCUT2D eigenvalue weighted by molar-refractivity contribution is 9.08. The number of pyridine rings is 1. The number of carbonyl (C=O) groups is 1. The van der Waals surface area contributed by atoms with E-state index >= 15 is 0 Å². The van der Waals surface area contributed by atoms with Crippen LogP contribution in [-0.4, -0.2) is 11.3 Å². The van der Waals surface area contributed by atoms with Crippen LogP contribution in [0.5, 0.6) is 0 Å². The fourth-order valence-electron chi connectivity index (χ4n) is 0.943. The number of aromatic nitrogens is 1. The lowest BCUT2D eigenvalue weighted by atomic mass is 10.1. The molecule has 0 unspecified atom stereocenters. The van der Waals surface area contributed by atoms with Gasteiger partial charge in [-0.2, -0.15) is 0 Å². The first-order valence-corrected chi connectivity index (χ1v) is 5.08. The van der Waals surface area contributed by atoms with Crippen LogP contribution in [-0.2, 0) is 5.33 Å². The highest BCUT2D eigenvalue weighted by atomic mass is 79.9. The van der Waals surface area contributed by atoms with E-state index in [1.54, 1.807) is 0 Å². The van der Waals surface area contributed by atoms with Gasteiger partial charge in [0.1, 0.15) is 0 Å². The zero-order chi connectivity index (χ0) is 10.7. The molecule has 0 spiro atoms. The van der Waals surface area contributed by atoms with Gasteiger partial charge in [-0.25, -0.2) is 8.78 Å². The van der Waals surface area contributed by atoms with Crippen molar-refractivity contribution in [3.63, 3.8) is 0 Å². The first-order chi connectivity index (χ1) is 6.61. The standard InChI is InChI=1S/C8H5BrClF2NO/c9-1-6-7(10)5(3-14)4(2-13-6)8(11)12/h2-3,8H,1H2. The van der Waals surface area contributed by atoms with Gasteiger partial charge in [0.05, 0.1) is 10.7 Å². The lowest BCUT2D eigenvalue weighted by molar-refractivity contribution is 0.110. The van der Waals surface area contributed by atoms with Gasteiger partial charge < -0.3 is 0 Å². The van der Waals surface area contributed by atoms with Crippen molar-refractivity contribution in [3.8, 4) is 0 Å². The molecule has 0 aliphatic carbocycles. The molecule has 1 aromatic rings. The van der Waals surface area contributed by atoms with Crippen molar-refractivity contribution in [2.45, 2.75) is 11.8 Å². The number of rotatable bonds is 3. The molecule has 0 fully saturated rings. The summed E-state index contributed by atoms with van der Waals surface area (Å²) in [6.45, 7) is 0. The third-order valence-electron chi connectivity index (χ3n) is 1.64. The van der Waals surface area contributed by atoms with E-state index < -0.39 is 12.0 Å². The number of hydrogen-bond donors (Lipinski definition) is 0. The van der Waals surface area contributed by atoms with Gasteiger partial charge in [0.25, 0.3) is 6.43 Å². The molecule has 0 bridgehead atoms. The Bertz CT molecular complexity index is 359. The summed E-state index contributed by atoms with van der Waals surface area (Å²) in [6, 6.07) is 0. The molecule has 1 rings (SSSR count). The topological polar surface area (TPSA) is 30.0 Å². The molecule has 0 amide bonds. The Morgan fingerprint density at radius 3 is 2.71 bits per heavy atom. The van der Waals surface area contributed by atoms with Gasteiger partial charge in [-0.15, -0.1) is 0 Å². The van der Waals surface area contributed by atoms with Crippen molar-refractivity contribution < 1.29 is 13.6 Å². The minimum atomic E-state index is -2.75. The predicted octanol–water partition coefficient (Wildman–Crippen LogP) is 3.38. The Morgan fingerprint density at radius 2 is 2.29 bits per heavy atom. The van der Waals surface area contributed by atoms with Gasteiger partial charge in [0.15, 0.2) is 6.29 Å². The van der Waals surface area contributed by atoms with E-state index in [0.717, 1.165) is 6.20 Å². The molecule has 0 N–H and O–H groups in total. The third kappa shape index (κ3) is 2.09. The van der Waals surface area contributed by atoms with Crippen molar-refractivity contribution in [1.29, 1.82) is 0 Å². The quantitative estimate of drug-likeness (QED) is 0.629. The summed E-state index contributed by atoms with van der Waals surface area (Å²) >= 11 is 8.78. The van der Waals surface area contributed by atoms with E-state index in [4.69, 9.17) is 11.6 Å². The molecule has 0 aliphatic rings. The molecule has 6 heteroatoms. The fraction of sp³-hybridized carbons (Fsp3) is 0.250. The maximum absolute atomic E-state index is 12.4. The molecule has 0 aliphatic heterocycles. The van der Waals surface area contributed by atoms with Crippen LogP contribution in [0.25, 0.3) is 0 Å². The van der Waals surface area contributed by atoms with Gasteiger partial charge in [-0.3, -0.25) is 9.78 Å². The lowest BCUT2D eigenvalue weighted by Gasteiger charge is -2.07. The van der Waals surface area contributed by atoms with E-state index in [9.17, 15) is 13.6 Å². The fourth-order valence-corrected chi connectivity index (χ4v) is 1.80. The maximum Gasteiger partial charge on any atom is 0.266 e. The van der Waals surface area contributed by atoms with E-state index in [0.29, 0.717) is 17.3 Å². The van der Waals surface area contributed by atoms with Crippen LogP contribution in [0.2, 0.25) is 5.02 Å². The Labute approximate surface area is 92.4 Å². The first kappa shape index (κ1) is 11.5. The van der Waals surface area contributed by atoms with Crippen molar-refractivity contribution in [2.75, 3.05) is 0 Å². The Kier molecular flexibility index (Phi) is 3.95. The zero-order valence-corrected chi connectivity index (χ0v) is 9.15. The summed E-state index contributed by atoms with van der Waals surface area (Å²) in [5, 5.41) is 0.297. The molecule has 0 atom stereocenters. The molecule has 2 nitrogen and oxygen atoms in total. The van der Waals surface area contributed by atoms with E-state index in [1.807, 2.05) is 0 Å². The average Bonchev–Trinajstić information content (AvgIpc) is 2.17. The number of halogens is 4. The van der Waals surface area contributed by atoms with Crippen LogP contribution in [0.1, 0.15) is 28.0 Å². The Balaban J connectivity index is 3.35. The summed E-state index contributed by atoms with van der Waals surface area (Å²) < 4.78 is 24.7. The smallest absolute Gasteiger partial charge is 0.266 e. The Morgan fingerprint density at radius 1 is 1.64 bits per heavy atom. The first-order valence-electron chi connectivity index (χ1n) is 3.58. The lowest BCUT2D eigenvalue weighted by Crippen LogP contribution is -2.00. The number of nitrogens with zero attached hydrogens (tertiary/aromatic N) is 1. The van der Waals surface area contributed by atoms with Crippen LogP contribution >= 0.6 is 27.5 Å². The summed E-state index contributed by atoms with van der Waals surface area (Å²) in [5.41, 5.74) is -0.251. The number of alkyl halides is 3. The SMILES string of the molecule is O=Cc1c(C(F)F)cnc(CBr)c1Cl. The monoisotopic (exact) mass is 283 g/mol. The third-order valence-corrected chi connectivity index (χ3v) is 2.59. The van der Waals surface area contributed by atoms with Crippen LogP contribution in [0, 0.1) is 0 Å². The molecule has 1 heterocycles. The van der Waals surface area contributed by atoms with Gasteiger partial charge in [-0.1, -0.05) is 27.5 Å². The molecule has 0 saturated carbocycles. The Hall–Kier alpha value is -0.550. The average molecular weight is 284 g/mol. The van der Waals surface area contributed by atoms with E-state index in [-0.39, 0.29) is 10.6 Å². The molecular formula is C8H5BrClF2NO. The second kappa shape index (κ2) is 4.79. The van der Waals surface area contributed by atoms with Crippen molar-refractivity contribution in [1.82, 2.24) is 4.98 Å². The van der Waals surface area contributed by atoms with E-state index in [1.165, 1.54) is 0 Å². The number of aldehydes is 1. The normalized spacial score (nSPS) is 10.6. The maximum atomic E-state index is 12.4. The van der Waals surface area contributed by atoms with Gasteiger partial charge in [0, 0.05) is 22.7 Å². The highest BCUT2D eigenvalue weighted by Crippen LogP contribution is 2.29. The minimum absolute atomic E-state index is 0.0188. The van der Waals surface area contributed by atoms with Crippen molar-refractivity contribution in [3.05, 3.63) is 28.0 Å². The van der Waals surface area contributed by atoms with Gasteiger partial charge in [0.2, 0.25) is 0 Å². The van der Waals surface area contributed by atoms with Crippen LogP contribution in [0.4, 0.5) is 8.78 Å². The highest BCUT2D eigenvalue weighted by Gasteiger charge is 2.18. The molecular weight excluding hydrogens is 279 g/mol. The van der Waals surface area contributed by atoms with Crippen molar-refractivity contribution in [2.24, 2.45) is 0 Å². The summed E-state index contributed by atoms with van der Waals surface area (Å²) in [5.74, 6) is 0. The second-order valence-electron chi connectivity index (χ2n) is 2.44. The molecule has 0 saturated heterocycles. The molecule has 1 aromatic heterocycles. The van der Waals surface area contributed by atoms with E-state index in [2.05, 4.69) is 20.9 Å². The molecule has 76 valence electrons. The second-order valence-corrected chi connectivity index (χ2v) is 3.38. The summed E-state index contributed by atoms with van der Waals surface area (Å²) in [6.07, 6.45) is -1.46. The van der Waals surface area contributed by atoms with Gasteiger partial charge >= 0.3 is 0 Å². The molecule has 0 aromatic carbocycles. The van der Waals surface area contributed by atoms with Crippen molar-refractivity contribution >= 4 is 33.8 Å².